The Balaban J connectivity index is 1.00. The average molecular weight is 735 g/mol. The lowest BCUT2D eigenvalue weighted by atomic mass is 9.82. The SMILES string of the molecule is CC1(C)c2ccccc2-c2c(N(c3ccc(-c4cccc5c4oc4cc6oc(-c7ccccc7)nc6cc45)cc3)c3ccc4oc5ccccc5c4c3)cccc21. The minimum atomic E-state index is -0.129. The normalized spacial score (nSPS) is 13.2. The van der Waals surface area contributed by atoms with Gasteiger partial charge in [-0.15, -0.1) is 0 Å². The van der Waals surface area contributed by atoms with E-state index < -0.39 is 0 Å². The molecule has 0 unspecified atom stereocenters. The monoisotopic (exact) mass is 734 g/mol. The lowest BCUT2D eigenvalue weighted by molar-refractivity contribution is 0.617. The van der Waals surface area contributed by atoms with Crippen molar-refractivity contribution in [2.45, 2.75) is 19.3 Å². The van der Waals surface area contributed by atoms with Crippen LogP contribution in [0.5, 0.6) is 0 Å². The van der Waals surface area contributed by atoms with Gasteiger partial charge in [0.25, 0.3) is 0 Å². The largest absolute Gasteiger partial charge is 0.456 e. The maximum absolute atomic E-state index is 6.64. The van der Waals surface area contributed by atoms with Crippen molar-refractivity contribution in [3.8, 4) is 33.7 Å². The van der Waals surface area contributed by atoms with E-state index in [2.05, 4.69) is 140 Å². The first-order valence-corrected chi connectivity index (χ1v) is 19.4. The first kappa shape index (κ1) is 31.9. The zero-order valence-corrected chi connectivity index (χ0v) is 31.3. The summed E-state index contributed by atoms with van der Waals surface area (Å²) in [4.78, 5) is 7.23. The Morgan fingerprint density at radius 1 is 0.456 bits per heavy atom. The summed E-state index contributed by atoms with van der Waals surface area (Å²) < 4.78 is 19.1. The van der Waals surface area contributed by atoms with Crippen LogP contribution in [0.25, 0.3) is 88.7 Å². The molecule has 0 aliphatic heterocycles. The summed E-state index contributed by atoms with van der Waals surface area (Å²) in [5, 5.41) is 4.25. The van der Waals surface area contributed by atoms with E-state index in [0.717, 1.165) is 83.1 Å². The predicted molar refractivity (Wildman–Crippen MR) is 232 cm³/mol. The molecule has 270 valence electrons. The van der Waals surface area contributed by atoms with E-state index in [-0.39, 0.29) is 5.41 Å². The highest BCUT2D eigenvalue weighted by Crippen LogP contribution is 2.54. The molecule has 5 heteroatoms. The Hall–Kier alpha value is -7.37. The van der Waals surface area contributed by atoms with Gasteiger partial charge in [0.15, 0.2) is 5.58 Å². The number of oxazole rings is 1. The van der Waals surface area contributed by atoms with Crippen LogP contribution in [0, 0.1) is 0 Å². The third-order valence-electron chi connectivity index (χ3n) is 11.9. The number of hydrogen-bond acceptors (Lipinski definition) is 5. The predicted octanol–water partition coefficient (Wildman–Crippen LogP) is 14.7. The molecule has 5 nitrogen and oxygen atoms in total. The molecule has 0 amide bonds. The van der Waals surface area contributed by atoms with Crippen LogP contribution in [-0.2, 0) is 5.41 Å². The maximum Gasteiger partial charge on any atom is 0.227 e. The van der Waals surface area contributed by atoms with Gasteiger partial charge < -0.3 is 18.2 Å². The van der Waals surface area contributed by atoms with Crippen LogP contribution in [0.15, 0.2) is 183 Å². The van der Waals surface area contributed by atoms with Crippen molar-refractivity contribution in [2.75, 3.05) is 4.90 Å². The molecule has 0 bridgehead atoms. The van der Waals surface area contributed by atoms with Crippen molar-refractivity contribution in [3.63, 3.8) is 0 Å². The third kappa shape index (κ3) is 4.72. The van der Waals surface area contributed by atoms with Crippen molar-refractivity contribution in [1.29, 1.82) is 0 Å². The van der Waals surface area contributed by atoms with Gasteiger partial charge in [0.1, 0.15) is 27.8 Å². The molecular formula is C52H34N2O3. The van der Waals surface area contributed by atoms with Crippen LogP contribution in [0.1, 0.15) is 25.0 Å². The summed E-state index contributed by atoms with van der Waals surface area (Å²) in [6, 6.07) is 59.6. The van der Waals surface area contributed by atoms with E-state index in [1.165, 1.54) is 22.3 Å². The molecule has 11 aromatic rings. The van der Waals surface area contributed by atoms with Crippen LogP contribution >= 0.6 is 0 Å². The molecule has 1 aliphatic carbocycles. The first-order chi connectivity index (χ1) is 28.0. The van der Waals surface area contributed by atoms with Crippen molar-refractivity contribution in [1.82, 2.24) is 4.98 Å². The lowest BCUT2D eigenvalue weighted by Crippen LogP contribution is -2.16. The number of para-hydroxylation sites is 2. The van der Waals surface area contributed by atoms with E-state index in [0.29, 0.717) is 11.5 Å². The molecule has 3 aromatic heterocycles. The fourth-order valence-electron chi connectivity index (χ4n) is 9.14. The van der Waals surface area contributed by atoms with Gasteiger partial charge >= 0.3 is 0 Å². The summed E-state index contributed by atoms with van der Waals surface area (Å²) in [6.45, 7) is 4.66. The van der Waals surface area contributed by atoms with E-state index in [9.17, 15) is 0 Å². The van der Waals surface area contributed by atoms with Crippen molar-refractivity contribution >= 4 is 72.0 Å². The molecule has 1 aliphatic rings. The highest BCUT2D eigenvalue weighted by atomic mass is 16.4. The van der Waals surface area contributed by atoms with Crippen LogP contribution in [0.2, 0.25) is 0 Å². The van der Waals surface area contributed by atoms with Gasteiger partial charge in [-0.2, -0.15) is 0 Å². The van der Waals surface area contributed by atoms with Crippen molar-refractivity contribution in [2.24, 2.45) is 0 Å². The molecule has 12 rings (SSSR count). The molecule has 0 radical (unpaired) electrons. The average Bonchev–Trinajstić information content (AvgIpc) is 4.00. The topological polar surface area (TPSA) is 55.6 Å². The summed E-state index contributed by atoms with van der Waals surface area (Å²) in [6.07, 6.45) is 0. The Kier molecular flexibility index (Phi) is 6.62. The van der Waals surface area contributed by atoms with Crippen LogP contribution in [0.4, 0.5) is 17.1 Å². The van der Waals surface area contributed by atoms with Crippen LogP contribution in [0.3, 0.4) is 0 Å². The minimum absolute atomic E-state index is 0.129. The third-order valence-corrected chi connectivity index (χ3v) is 11.9. The molecule has 0 saturated carbocycles. The zero-order chi connectivity index (χ0) is 37.8. The molecule has 3 heterocycles. The Morgan fingerprint density at radius 3 is 2.05 bits per heavy atom. The number of furan rings is 2. The van der Waals surface area contributed by atoms with Gasteiger partial charge in [-0.05, 0) is 82.9 Å². The fraction of sp³-hybridized carbons (Fsp3) is 0.0577. The molecular weight excluding hydrogens is 701 g/mol. The van der Waals surface area contributed by atoms with E-state index in [1.54, 1.807) is 0 Å². The highest BCUT2D eigenvalue weighted by molar-refractivity contribution is 6.12. The van der Waals surface area contributed by atoms with Crippen molar-refractivity contribution < 1.29 is 13.3 Å². The summed E-state index contributed by atoms with van der Waals surface area (Å²) in [5.74, 6) is 0.601. The second-order valence-corrected chi connectivity index (χ2v) is 15.5. The molecule has 0 spiro atoms. The van der Waals surface area contributed by atoms with Gasteiger partial charge in [0, 0.05) is 61.1 Å². The molecule has 0 fully saturated rings. The quantitative estimate of drug-likeness (QED) is 0.176. The van der Waals surface area contributed by atoms with E-state index >= 15 is 0 Å². The number of anilines is 3. The zero-order valence-electron chi connectivity index (χ0n) is 31.3. The van der Waals surface area contributed by atoms with E-state index in [4.69, 9.17) is 18.2 Å². The first-order valence-electron chi connectivity index (χ1n) is 19.4. The standard InChI is InChI=1S/C52H34N2O3/c1-52(2)41-18-8-6-15-38(41)49-42(52)19-11-20-44(49)54(34-26-27-46-39(28-34)36-14-7-9-21-45(36)55-46)33-24-22-31(23-25-33)35-16-10-17-37-40-29-43-48(30-47(40)56-50(35)37)57-51(53-43)32-12-4-3-5-13-32/h3-30H,1-2H3. The number of benzene rings is 8. The molecule has 0 saturated heterocycles. The molecule has 0 N–H and O–H groups in total. The molecule has 8 aromatic carbocycles. The summed E-state index contributed by atoms with van der Waals surface area (Å²) in [5.41, 5.74) is 16.3. The lowest BCUT2D eigenvalue weighted by Gasteiger charge is -2.29. The number of nitrogens with zero attached hydrogens (tertiary/aromatic N) is 2. The summed E-state index contributed by atoms with van der Waals surface area (Å²) in [7, 11) is 0. The minimum Gasteiger partial charge on any atom is -0.456 e. The number of hydrogen-bond donors (Lipinski definition) is 0. The number of rotatable bonds is 5. The summed E-state index contributed by atoms with van der Waals surface area (Å²) >= 11 is 0. The van der Waals surface area contributed by atoms with Crippen LogP contribution in [-0.4, -0.2) is 4.98 Å². The maximum atomic E-state index is 6.64. The second kappa shape index (κ2) is 11.8. The fourth-order valence-corrected chi connectivity index (χ4v) is 9.14. The van der Waals surface area contributed by atoms with Crippen LogP contribution < -0.4 is 4.90 Å². The second-order valence-electron chi connectivity index (χ2n) is 15.5. The Morgan fingerprint density at radius 2 is 1.16 bits per heavy atom. The number of aromatic nitrogens is 1. The van der Waals surface area contributed by atoms with Gasteiger partial charge in [0.2, 0.25) is 5.89 Å². The van der Waals surface area contributed by atoms with Gasteiger partial charge in [-0.25, -0.2) is 4.98 Å². The van der Waals surface area contributed by atoms with Gasteiger partial charge in [-0.3, -0.25) is 0 Å². The molecule has 57 heavy (non-hydrogen) atoms. The Bertz CT molecular complexity index is 3380. The van der Waals surface area contributed by atoms with E-state index in [1.807, 2.05) is 48.5 Å². The van der Waals surface area contributed by atoms with Gasteiger partial charge in [0.05, 0.1) is 5.69 Å². The van der Waals surface area contributed by atoms with Crippen molar-refractivity contribution in [3.05, 3.63) is 181 Å². The smallest absolute Gasteiger partial charge is 0.227 e. The highest BCUT2D eigenvalue weighted by Gasteiger charge is 2.37. The Labute approximate surface area is 328 Å². The number of fused-ring (bicyclic) bond motifs is 10. The molecule has 0 atom stereocenters. The van der Waals surface area contributed by atoms with Gasteiger partial charge in [-0.1, -0.05) is 117 Å².